The molecule has 1 unspecified atom stereocenters. The van der Waals surface area contributed by atoms with E-state index in [1.54, 1.807) is 24.5 Å². The van der Waals surface area contributed by atoms with Gasteiger partial charge in [-0.05, 0) is 37.3 Å². The average Bonchev–Trinajstić information content (AvgIpc) is 2.83. The molecule has 0 aliphatic heterocycles. The molecule has 1 fully saturated rings. The third-order valence-electron chi connectivity index (χ3n) is 4.01. The Morgan fingerprint density at radius 2 is 2.30 bits per heavy atom. The number of pyridine rings is 1. The number of aliphatic hydroxyl groups excluding tert-OH is 1. The molecule has 1 aliphatic rings. The highest BCUT2D eigenvalue weighted by molar-refractivity contribution is 5.94. The highest BCUT2D eigenvalue weighted by Crippen LogP contribution is 2.31. The summed E-state index contributed by atoms with van der Waals surface area (Å²) in [6, 6.07) is 5.20. The number of carbonyl (C=O) groups excluding carboxylic acids is 1. The van der Waals surface area contributed by atoms with Gasteiger partial charge in [-0.15, -0.1) is 0 Å². The van der Waals surface area contributed by atoms with Gasteiger partial charge in [-0.2, -0.15) is 0 Å². The fourth-order valence-corrected chi connectivity index (χ4v) is 2.63. The molecule has 2 heterocycles. The first-order valence-electron chi connectivity index (χ1n) is 7.04. The number of aliphatic hydroxyl groups is 1. The molecular formula is C15H18N2O3. The second-order valence-corrected chi connectivity index (χ2v) is 5.28. The zero-order chi connectivity index (χ0) is 13.9. The van der Waals surface area contributed by atoms with Crippen LogP contribution in [0.15, 0.2) is 28.9 Å². The molecule has 2 N–H and O–H groups in total. The minimum absolute atomic E-state index is 0.0445. The molecule has 0 saturated heterocycles. The molecule has 0 aromatic carbocycles. The zero-order valence-electron chi connectivity index (χ0n) is 11.2. The molecule has 0 bridgehead atoms. The van der Waals surface area contributed by atoms with Gasteiger partial charge in [0, 0.05) is 18.7 Å². The van der Waals surface area contributed by atoms with E-state index in [-0.39, 0.29) is 18.6 Å². The van der Waals surface area contributed by atoms with Crippen molar-refractivity contribution < 1.29 is 14.3 Å². The Balaban J connectivity index is 1.73. The standard InChI is InChI=1S/C15H18N2O3/c18-8-6-11(10-2-1-3-10)17-15(19)13-4-5-14-12(16-13)7-9-20-14/h4-5,7,9-11,18H,1-3,6,8H2,(H,17,19). The van der Waals surface area contributed by atoms with Crippen LogP contribution in [0, 0.1) is 5.92 Å². The molecule has 2 aromatic heterocycles. The minimum Gasteiger partial charge on any atom is -0.463 e. The van der Waals surface area contributed by atoms with Gasteiger partial charge in [0.1, 0.15) is 11.2 Å². The lowest BCUT2D eigenvalue weighted by atomic mass is 9.78. The molecule has 1 atom stereocenters. The molecule has 1 saturated carbocycles. The quantitative estimate of drug-likeness (QED) is 0.875. The van der Waals surface area contributed by atoms with Crippen LogP contribution in [0.3, 0.4) is 0 Å². The van der Waals surface area contributed by atoms with Gasteiger partial charge in [0.15, 0.2) is 5.58 Å². The SMILES string of the molecule is O=C(NC(CCO)C1CCC1)c1ccc2occc2n1. The maximum atomic E-state index is 12.3. The summed E-state index contributed by atoms with van der Waals surface area (Å²) in [5.74, 6) is 0.308. The number of carbonyl (C=O) groups is 1. The normalized spacial score (nSPS) is 16.9. The lowest BCUT2D eigenvalue weighted by molar-refractivity contribution is 0.0879. The first-order valence-corrected chi connectivity index (χ1v) is 7.04. The van der Waals surface area contributed by atoms with Crippen molar-refractivity contribution in [3.8, 4) is 0 Å². The van der Waals surface area contributed by atoms with E-state index in [2.05, 4.69) is 10.3 Å². The van der Waals surface area contributed by atoms with E-state index in [1.807, 2.05) is 0 Å². The molecule has 2 aromatic rings. The third kappa shape index (κ3) is 2.54. The second kappa shape index (κ2) is 5.63. The highest BCUT2D eigenvalue weighted by Gasteiger charge is 2.28. The Kier molecular flexibility index (Phi) is 3.69. The number of hydrogen-bond acceptors (Lipinski definition) is 4. The number of amides is 1. The fraction of sp³-hybridized carbons (Fsp3) is 0.467. The summed E-state index contributed by atoms with van der Waals surface area (Å²) in [5.41, 5.74) is 1.74. The molecule has 5 nitrogen and oxygen atoms in total. The number of furan rings is 1. The average molecular weight is 274 g/mol. The van der Waals surface area contributed by atoms with Crippen molar-refractivity contribution in [3.05, 3.63) is 30.2 Å². The van der Waals surface area contributed by atoms with E-state index in [4.69, 9.17) is 9.52 Å². The molecule has 0 radical (unpaired) electrons. The summed E-state index contributed by atoms with van der Waals surface area (Å²) in [4.78, 5) is 16.5. The molecular weight excluding hydrogens is 256 g/mol. The Bertz CT molecular complexity index is 604. The summed E-state index contributed by atoms with van der Waals surface area (Å²) >= 11 is 0. The molecule has 20 heavy (non-hydrogen) atoms. The summed E-state index contributed by atoms with van der Waals surface area (Å²) in [7, 11) is 0. The number of nitrogens with one attached hydrogen (secondary N) is 1. The van der Waals surface area contributed by atoms with Gasteiger partial charge in [0.05, 0.1) is 6.26 Å². The van der Waals surface area contributed by atoms with E-state index >= 15 is 0 Å². The largest absolute Gasteiger partial charge is 0.463 e. The maximum absolute atomic E-state index is 12.3. The summed E-state index contributed by atoms with van der Waals surface area (Å²) in [6.07, 6.45) is 5.62. The van der Waals surface area contributed by atoms with Gasteiger partial charge in [0.2, 0.25) is 0 Å². The predicted molar refractivity (Wildman–Crippen MR) is 74.3 cm³/mol. The zero-order valence-corrected chi connectivity index (χ0v) is 11.2. The lowest BCUT2D eigenvalue weighted by Crippen LogP contribution is -2.43. The first kappa shape index (κ1) is 13.1. The van der Waals surface area contributed by atoms with Gasteiger partial charge >= 0.3 is 0 Å². The van der Waals surface area contributed by atoms with Crippen molar-refractivity contribution in [1.82, 2.24) is 10.3 Å². The van der Waals surface area contributed by atoms with E-state index in [0.717, 1.165) is 12.8 Å². The van der Waals surface area contributed by atoms with Crippen LogP contribution in [0.1, 0.15) is 36.2 Å². The molecule has 3 rings (SSSR count). The van der Waals surface area contributed by atoms with Crippen molar-refractivity contribution in [2.45, 2.75) is 31.7 Å². The smallest absolute Gasteiger partial charge is 0.270 e. The van der Waals surface area contributed by atoms with Crippen LogP contribution in [0.2, 0.25) is 0 Å². The van der Waals surface area contributed by atoms with Crippen molar-refractivity contribution in [3.63, 3.8) is 0 Å². The Morgan fingerprint density at radius 1 is 1.45 bits per heavy atom. The van der Waals surface area contributed by atoms with Crippen LogP contribution in [0.25, 0.3) is 11.1 Å². The minimum atomic E-state index is -0.182. The van der Waals surface area contributed by atoms with E-state index in [0.29, 0.717) is 29.1 Å². The molecule has 1 aliphatic carbocycles. The van der Waals surface area contributed by atoms with Crippen molar-refractivity contribution in [1.29, 1.82) is 0 Å². The third-order valence-corrected chi connectivity index (χ3v) is 4.01. The van der Waals surface area contributed by atoms with Gasteiger partial charge in [0.25, 0.3) is 5.91 Å². The van der Waals surface area contributed by atoms with Crippen LogP contribution in [0.5, 0.6) is 0 Å². The van der Waals surface area contributed by atoms with Gasteiger partial charge in [-0.1, -0.05) is 6.42 Å². The number of rotatable bonds is 5. The highest BCUT2D eigenvalue weighted by atomic mass is 16.3. The van der Waals surface area contributed by atoms with Crippen molar-refractivity contribution in [2.75, 3.05) is 6.61 Å². The summed E-state index contributed by atoms with van der Waals surface area (Å²) in [6.45, 7) is 0.0929. The van der Waals surface area contributed by atoms with Crippen molar-refractivity contribution in [2.24, 2.45) is 5.92 Å². The summed E-state index contributed by atoms with van der Waals surface area (Å²) in [5, 5.41) is 12.1. The topological polar surface area (TPSA) is 75.4 Å². The van der Waals surface area contributed by atoms with Gasteiger partial charge in [-0.3, -0.25) is 4.79 Å². The van der Waals surface area contributed by atoms with Crippen LogP contribution >= 0.6 is 0 Å². The Labute approximate surface area is 117 Å². The van der Waals surface area contributed by atoms with Crippen LogP contribution in [-0.2, 0) is 0 Å². The Morgan fingerprint density at radius 3 is 3.00 bits per heavy atom. The summed E-state index contributed by atoms with van der Waals surface area (Å²) < 4.78 is 5.21. The maximum Gasteiger partial charge on any atom is 0.270 e. The van der Waals surface area contributed by atoms with Crippen LogP contribution in [-0.4, -0.2) is 28.6 Å². The van der Waals surface area contributed by atoms with Crippen molar-refractivity contribution >= 4 is 17.0 Å². The monoisotopic (exact) mass is 274 g/mol. The molecule has 106 valence electrons. The van der Waals surface area contributed by atoms with Gasteiger partial charge < -0.3 is 14.8 Å². The number of hydrogen-bond donors (Lipinski definition) is 2. The lowest BCUT2D eigenvalue weighted by Gasteiger charge is -2.34. The van der Waals surface area contributed by atoms with E-state index in [1.165, 1.54) is 6.42 Å². The molecule has 5 heteroatoms. The second-order valence-electron chi connectivity index (χ2n) is 5.28. The molecule has 1 amide bonds. The molecule has 0 spiro atoms. The number of nitrogens with zero attached hydrogens (tertiary/aromatic N) is 1. The van der Waals surface area contributed by atoms with Crippen LogP contribution < -0.4 is 5.32 Å². The van der Waals surface area contributed by atoms with Gasteiger partial charge in [-0.25, -0.2) is 4.98 Å². The van der Waals surface area contributed by atoms with Crippen LogP contribution in [0.4, 0.5) is 0 Å². The predicted octanol–water partition coefficient (Wildman–Crippen LogP) is 2.11. The fourth-order valence-electron chi connectivity index (χ4n) is 2.63. The Hall–Kier alpha value is -1.88. The van der Waals surface area contributed by atoms with E-state index in [9.17, 15) is 4.79 Å². The number of fused-ring (bicyclic) bond motifs is 1. The number of aromatic nitrogens is 1. The van der Waals surface area contributed by atoms with E-state index < -0.39 is 0 Å². The first-order chi connectivity index (χ1) is 9.78.